The molecule has 0 aliphatic heterocycles. The summed E-state index contributed by atoms with van der Waals surface area (Å²) in [5.74, 6) is -0.195. The molecular formula is C18H17Cl2N5. The first-order valence-corrected chi connectivity index (χ1v) is 8.38. The summed E-state index contributed by atoms with van der Waals surface area (Å²) in [6.07, 6.45) is 2.28. The van der Waals surface area contributed by atoms with Crippen molar-refractivity contribution in [2.45, 2.75) is 6.42 Å². The maximum atomic E-state index is 7.15. The van der Waals surface area contributed by atoms with Crippen LogP contribution in [0.4, 0.5) is 0 Å². The van der Waals surface area contributed by atoms with E-state index in [0.29, 0.717) is 16.5 Å². The highest BCUT2D eigenvalue weighted by Gasteiger charge is 2.16. The molecule has 0 bridgehead atoms. The topological polar surface area (TPSA) is 79.2 Å². The number of hydrogen-bond donors (Lipinski definition) is 3. The molecule has 0 aliphatic rings. The molecular weight excluding hydrogens is 357 g/mol. The second-order valence-corrected chi connectivity index (χ2v) is 6.39. The highest BCUT2D eigenvalue weighted by Crippen LogP contribution is 2.35. The van der Waals surface area contributed by atoms with Crippen LogP contribution in [-0.4, -0.2) is 16.7 Å². The third kappa shape index (κ3) is 3.48. The molecule has 3 aromatic rings. The Morgan fingerprint density at radius 1 is 1.24 bits per heavy atom. The van der Waals surface area contributed by atoms with Gasteiger partial charge in [0.25, 0.3) is 0 Å². The van der Waals surface area contributed by atoms with Crippen molar-refractivity contribution in [1.29, 1.82) is 5.41 Å². The van der Waals surface area contributed by atoms with Gasteiger partial charge >= 0.3 is 0 Å². The van der Waals surface area contributed by atoms with E-state index in [0.717, 1.165) is 27.7 Å². The predicted octanol–water partition coefficient (Wildman–Crippen LogP) is 4.16. The van der Waals surface area contributed by atoms with E-state index in [1.54, 1.807) is 12.3 Å². The quantitative estimate of drug-likeness (QED) is 0.364. The second kappa shape index (κ2) is 7.17. The predicted molar refractivity (Wildman–Crippen MR) is 106 cm³/mol. The van der Waals surface area contributed by atoms with Gasteiger partial charge < -0.3 is 10.3 Å². The zero-order valence-electron chi connectivity index (χ0n) is 13.6. The van der Waals surface area contributed by atoms with Gasteiger partial charge in [0.1, 0.15) is 0 Å². The maximum absolute atomic E-state index is 7.15. The van der Waals surface area contributed by atoms with Gasteiger partial charge in [0, 0.05) is 36.1 Å². The van der Waals surface area contributed by atoms with E-state index in [4.69, 9.17) is 34.3 Å². The number of aromatic nitrogens is 1. The lowest BCUT2D eigenvalue weighted by Crippen LogP contribution is -2.25. The largest absolute Gasteiger partial charge is 0.369 e. The summed E-state index contributed by atoms with van der Waals surface area (Å²) in [5.41, 5.74) is 11.9. The third-order valence-corrected chi connectivity index (χ3v) is 4.72. The van der Waals surface area contributed by atoms with Gasteiger partial charge in [-0.2, -0.15) is 5.10 Å². The summed E-state index contributed by atoms with van der Waals surface area (Å²) in [5, 5.41) is 13.3. The number of hydrogen-bond acceptors (Lipinski definition) is 2. The first kappa shape index (κ1) is 17.3. The molecule has 0 fully saturated rings. The van der Waals surface area contributed by atoms with Gasteiger partial charge in [0.2, 0.25) is 5.96 Å². The van der Waals surface area contributed by atoms with Crippen LogP contribution in [0.25, 0.3) is 22.2 Å². The van der Waals surface area contributed by atoms with Crippen LogP contribution in [0.1, 0.15) is 5.56 Å². The molecule has 0 saturated heterocycles. The summed E-state index contributed by atoms with van der Waals surface area (Å²) in [6, 6.07) is 13.8. The number of guanidine groups is 1. The van der Waals surface area contributed by atoms with Crippen LogP contribution in [-0.2, 0) is 13.5 Å². The Bertz CT molecular complexity index is 975. The average Bonchev–Trinajstić information content (AvgIpc) is 2.87. The first-order valence-electron chi connectivity index (χ1n) is 7.62. The van der Waals surface area contributed by atoms with Gasteiger partial charge in [-0.05, 0) is 23.8 Å². The lowest BCUT2D eigenvalue weighted by Gasteiger charge is -2.08. The number of hydrazone groups is 1. The molecule has 1 aromatic heterocycles. The van der Waals surface area contributed by atoms with Crippen molar-refractivity contribution < 1.29 is 0 Å². The van der Waals surface area contributed by atoms with Gasteiger partial charge in [-0.25, -0.2) is 5.43 Å². The molecule has 1 heterocycles. The molecule has 0 atom stereocenters. The second-order valence-electron chi connectivity index (χ2n) is 5.57. The molecule has 25 heavy (non-hydrogen) atoms. The minimum absolute atomic E-state index is 0.195. The zero-order chi connectivity index (χ0) is 18.0. The summed E-state index contributed by atoms with van der Waals surface area (Å²) < 4.78 is 2.14. The zero-order valence-corrected chi connectivity index (χ0v) is 15.1. The van der Waals surface area contributed by atoms with E-state index in [-0.39, 0.29) is 5.96 Å². The minimum Gasteiger partial charge on any atom is -0.369 e. The number of nitrogens with two attached hydrogens (primary N) is 1. The van der Waals surface area contributed by atoms with Crippen molar-refractivity contribution in [3.05, 3.63) is 58.1 Å². The lowest BCUT2D eigenvalue weighted by atomic mass is 10.0. The van der Waals surface area contributed by atoms with Crippen LogP contribution < -0.4 is 11.2 Å². The number of para-hydroxylation sites is 1. The van der Waals surface area contributed by atoms with Crippen molar-refractivity contribution in [2.75, 3.05) is 0 Å². The summed E-state index contributed by atoms with van der Waals surface area (Å²) in [6.45, 7) is 0. The Labute approximate surface area is 155 Å². The summed E-state index contributed by atoms with van der Waals surface area (Å²) in [4.78, 5) is 0. The minimum atomic E-state index is -0.195. The highest BCUT2D eigenvalue weighted by molar-refractivity contribution is 6.42. The number of rotatable bonds is 4. The molecule has 3 rings (SSSR count). The van der Waals surface area contributed by atoms with Gasteiger partial charge in [-0.1, -0.05) is 47.5 Å². The number of aryl methyl sites for hydroxylation is 1. The molecule has 0 amide bonds. The Hall–Kier alpha value is -2.50. The van der Waals surface area contributed by atoms with E-state index in [1.165, 1.54) is 0 Å². The summed E-state index contributed by atoms with van der Waals surface area (Å²) in [7, 11) is 2.02. The highest BCUT2D eigenvalue weighted by atomic mass is 35.5. The van der Waals surface area contributed by atoms with Crippen molar-refractivity contribution >= 4 is 46.3 Å². The Morgan fingerprint density at radius 3 is 2.72 bits per heavy atom. The molecule has 4 N–H and O–H groups in total. The third-order valence-electron chi connectivity index (χ3n) is 3.98. The van der Waals surface area contributed by atoms with Gasteiger partial charge in [-0.15, -0.1) is 0 Å². The maximum Gasteiger partial charge on any atom is 0.206 e. The molecule has 7 heteroatoms. The smallest absolute Gasteiger partial charge is 0.206 e. The normalized spacial score (nSPS) is 11.3. The Kier molecular flexibility index (Phi) is 4.97. The van der Waals surface area contributed by atoms with E-state index >= 15 is 0 Å². The fourth-order valence-electron chi connectivity index (χ4n) is 2.94. The van der Waals surface area contributed by atoms with Gasteiger partial charge in [0.05, 0.1) is 15.7 Å². The van der Waals surface area contributed by atoms with Crippen molar-refractivity contribution in [3.8, 4) is 11.3 Å². The fourth-order valence-corrected chi connectivity index (χ4v) is 3.24. The van der Waals surface area contributed by atoms with Crippen molar-refractivity contribution in [1.82, 2.24) is 9.99 Å². The van der Waals surface area contributed by atoms with Crippen LogP contribution >= 0.6 is 23.2 Å². The molecule has 5 nitrogen and oxygen atoms in total. The van der Waals surface area contributed by atoms with Gasteiger partial charge in [0.15, 0.2) is 0 Å². The number of halogens is 2. The van der Waals surface area contributed by atoms with E-state index < -0.39 is 0 Å². The standard InChI is InChI=1S/C18H17Cl2N5/c1-25-16-5-3-2-4-12(16)13(8-9-23-24-18(21)22)17(25)11-6-7-14(19)15(20)10-11/h2-7,9-10H,8H2,1H3,(H4,21,22,24). The van der Waals surface area contributed by atoms with Crippen LogP contribution in [0.2, 0.25) is 10.0 Å². The molecule has 128 valence electrons. The first-order chi connectivity index (χ1) is 12.0. The van der Waals surface area contributed by atoms with Gasteiger partial charge in [-0.3, -0.25) is 5.41 Å². The molecule has 2 aromatic carbocycles. The van der Waals surface area contributed by atoms with E-state index in [1.807, 2.05) is 31.3 Å². The van der Waals surface area contributed by atoms with Crippen LogP contribution in [0, 0.1) is 5.41 Å². The fraction of sp³-hybridized carbons (Fsp3) is 0.111. The SMILES string of the molecule is Cn1c(-c2ccc(Cl)c(Cl)c2)c(CC=NNC(=N)N)c2ccccc21. The monoisotopic (exact) mass is 373 g/mol. The van der Waals surface area contributed by atoms with E-state index in [9.17, 15) is 0 Å². The Morgan fingerprint density at radius 2 is 2.00 bits per heavy atom. The average molecular weight is 374 g/mol. The molecule has 0 spiro atoms. The van der Waals surface area contributed by atoms with Crippen LogP contribution in [0.3, 0.4) is 0 Å². The van der Waals surface area contributed by atoms with Crippen molar-refractivity contribution in [2.24, 2.45) is 17.9 Å². The van der Waals surface area contributed by atoms with E-state index in [2.05, 4.69) is 27.2 Å². The molecule has 0 unspecified atom stereocenters. The molecule has 0 radical (unpaired) electrons. The number of fused-ring (bicyclic) bond motifs is 1. The molecule has 0 saturated carbocycles. The molecule has 0 aliphatic carbocycles. The van der Waals surface area contributed by atoms with Crippen LogP contribution in [0.5, 0.6) is 0 Å². The number of nitrogens with one attached hydrogen (secondary N) is 2. The Balaban J connectivity index is 2.14. The van der Waals surface area contributed by atoms with Crippen molar-refractivity contribution in [3.63, 3.8) is 0 Å². The number of benzene rings is 2. The lowest BCUT2D eigenvalue weighted by molar-refractivity contribution is 0.969. The summed E-state index contributed by atoms with van der Waals surface area (Å²) >= 11 is 12.3. The number of nitrogens with zero attached hydrogens (tertiary/aromatic N) is 2. The van der Waals surface area contributed by atoms with Crippen LogP contribution in [0.15, 0.2) is 47.6 Å².